The van der Waals surface area contributed by atoms with Crippen LogP contribution in [0.4, 0.5) is 4.39 Å². The Balaban J connectivity index is 1.39. The van der Waals surface area contributed by atoms with Crippen LogP contribution in [0, 0.1) is 0 Å². The van der Waals surface area contributed by atoms with Crippen LogP contribution in [0.3, 0.4) is 0 Å². The third-order valence-corrected chi connectivity index (χ3v) is 4.87. The molecule has 1 aliphatic heterocycles. The number of ether oxygens (including phenoxy) is 1. The maximum absolute atomic E-state index is 14.4. The summed E-state index contributed by atoms with van der Waals surface area (Å²) in [5, 5.41) is 0. The number of aryl methyl sites for hydroxylation is 2. The van der Waals surface area contributed by atoms with E-state index in [0.29, 0.717) is 26.2 Å². The summed E-state index contributed by atoms with van der Waals surface area (Å²) in [6.45, 7) is 1.89. The minimum Gasteiger partial charge on any atom is -0.366 e. The van der Waals surface area contributed by atoms with E-state index >= 15 is 0 Å². The van der Waals surface area contributed by atoms with Gasteiger partial charge < -0.3 is 13.9 Å². The summed E-state index contributed by atoms with van der Waals surface area (Å²) in [5.74, 6) is 1.75. The molecule has 0 spiro atoms. The molecule has 2 unspecified atom stereocenters. The van der Waals surface area contributed by atoms with E-state index in [1.54, 1.807) is 6.20 Å². The van der Waals surface area contributed by atoms with Crippen LogP contribution in [-0.2, 0) is 32.0 Å². The minimum atomic E-state index is -0.991. The Bertz CT molecular complexity index is 873. The summed E-state index contributed by atoms with van der Waals surface area (Å²) in [7, 11) is 3.91. The molecule has 0 radical (unpaired) electrons. The lowest BCUT2D eigenvalue weighted by molar-refractivity contribution is 0.00743. The summed E-state index contributed by atoms with van der Waals surface area (Å²) >= 11 is 0. The standard InChI is InChI=1S/C18H22FN5O/c1-22-8-7-20-17(22)11-24-9-13(19)16(10-24)25-12-18-21-14-5-3-4-6-15(14)23(18)2/h3-8,13,16H,9-12H2,1-2H3. The summed E-state index contributed by atoms with van der Waals surface area (Å²) in [6, 6.07) is 7.94. The first kappa shape index (κ1) is 16.2. The fourth-order valence-electron chi connectivity index (χ4n) is 3.35. The Hall–Kier alpha value is -2.25. The quantitative estimate of drug-likeness (QED) is 0.711. The highest BCUT2D eigenvalue weighted by Gasteiger charge is 2.34. The third kappa shape index (κ3) is 3.17. The Kier molecular flexibility index (Phi) is 4.27. The zero-order valence-corrected chi connectivity index (χ0v) is 14.5. The molecule has 3 aromatic rings. The maximum Gasteiger partial charge on any atom is 0.140 e. The molecule has 1 aromatic carbocycles. The SMILES string of the molecule is Cn1ccnc1CN1CC(F)C(OCc2nc3ccccc3n2C)C1. The third-order valence-electron chi connectivity index (χ3n) is 4.87. The number of halogens is 1. The van der Waals surface area contributed by atoms with E-state index in [1.165, 1.54) is 0 Å². The molecule has 1 aliphatic rings. The van der Waals surface area contributed by atoms with Crippen LogP contribution in [0.5, 0.6) is 0 Å². The van der Waals surface area contributed by atoms with Crippen molar-refractivity contribution >= 4 is 11.0 Å². The molecule has 132 valence electrons. The second-order valence-electron chi connectivity index (χ2n) is 6.59. The second-order valence-corrected chi connectivity index (χ2v) is 6.59. The number of likely N-dealkylation sites (tertiary alicyclic amines) is 1. The molecule has 2 aromatic heterocycles. The maximum atomic E-state index is 14.4. The number of aromatic nitrogens is 4. The summed E-state index contributed by atoms with van der Waals surface area (Å²) < 4.78 is 24.2. The monoisotopic (exact) mass is 343 g/mol. The summed E-state index contributed by atoms with van der Waals surface area (Å²) in [5.41, 5.74) is 1.99. The molecule has 0 amide bonds. The van der Waals surface area contributed by atoms with Crippen LogP contribution in [0.15, 0.2) is 36.7 Å². The summed E-state index contributed by atoms with van der Waals surface area (Å²) in [4.78, 5) is 10.9. The summed E-state index contributed by atoms with van der Waals surface area (Å²) in [6.07, 6.45) is 2.24. The van der Waals surface area contributed by atoms with Gasteiger partial charge in [0.25, 0.3) is 0 Å². The molecular formula is C18H22FN5O. The molecule has 0 saturated carbocycles. The Morgan fingerprint density at radius 2 is 2.04 bits per heavy atom. The Morgan fingerprint density at radius 1 is 1.20 bits per heavy atom. The average Bonchev–Trinajstić information content (AvgIpc) is 3.26. The molecule has 2 atom stereocenters. The van der Waals surface area contributed by atoms with Gasteiger partial charge in [-0.25, -0.2) is 14.4 Å². The van der Waals surface area contributed by atoms with Gasteiger partial charge in [0.15, 0.2) is 0 Å². The van der Waals surface area contributed by atoms with Gasteiger partial charge in [0.2, 0.25) is 0 Å². The molecule has 0 N–H and O–H groups in total. The average molecular weight is 343 g/mol. The van der Waals surface area contributed by atoms with Crippen molar-refractivity contribution in [3.63, 3.8) is 0 Å². The number of hydrogen-bond acceptors (Lipinski definition) is 4. The number of fused-ring (bicyclic) bond motifs is 1. The molecule has 1 fully saturated rings. The van der Waals surface area contributed by atoms with Gasteiger partial charge in [-0.2, -0.15) is 0 Å². The van der Waals surface area contributed by atoms with Gasteiger partial charge >= 0.3 is 0 Å². The van der Waals surface area contributed by atoms with E-state index in [-0.39, 0.29) is 0 Å². The highest BCUT2D eigenvalue weighted by molar-refractivity contribution is 5.75. The molecule has 4 rings (SSSR count). The fraction of sp³-hybridized carbons (Fsp3) is 0.444. The van der Waals surface area contributed by atoms with E-state index in [0.717, 1.165) is 22.7 Å². The van der Waals surface area contributed by atoms with Crippen LogP contribution in [0.1, 0.15) is 11.6 Å². The Labute approximate surface area is 145 Å². The van der Waals surface area contributed by atoms with Crippen LogP contribution in [0.2, 0.25) is 0 Å². The molecule has 7 heteroatoms. The number of nitrogens with zero attached hydrogens (tertiary/aromatic N) is 5. The zero-order chi connectivity index (χ0) is 17.4. The van der Waals surface area contributed by atoms with Gasteiger partial charge in [0.1, 0.15) is 30.5 Å². The molecule has 25 heavy (non-hydrogen) atoms. The fourth-order valence-corrected chi connectivity index (χ4v) is 3.35. The second kappa shape index (κ2) is 6.57. The predicted molar refractivity (Wildman–Crippen MR) is 92.7 cm³/mol. The van der Waals surface area contributed by atoms with Crippen molar-refractivity contribution in [1.29, 1.82) is 0 Å². The molecule has 3 heterocycles. The molecule has 1 saturated heterocycles. The highest BCUT2D eigenvalue weighted by Crippen LogP contribution is 2.21. The Morgan fingerprint density at radius 3 is 2.80 bits per heavy atom. The molecular weight excluding hydrogens is 321 g/mol. The van der Waals surface area contributed by atoms with Crippen molar-refractivity contribution in [2.75, 3.05) is 13.1 Å². The van der Waals surface area contributed by atoms with Crippen molar-refractivity contribution in [3.8, 4) is 0 Å². The highest BCUT2D eigenvalue weighted by atomic mass is 19.1. The van der Waals surface area contributed by atoms with Crippen LogP contribution < -0.4 is 0 Å². The lowest BCUT2D eigenvalue weighted by Crippen LogP contribution is -2.25. The van der Waals surface area contributed by atoms with E-state index in [2.05, 4.69) is 9.97 Å². The number of para-hydroxylation sites is 2. The number of rotatable bonds is 5. The van der Waals surface area contributed by atoms with Crippen molar-refractivity contribution in [2.45, 2.75) is 25.4 Å². The largest absolute Gasteiger partial charge is 0.366 e. The number of imidazole rings is 2. The first-order valence-corrected chi connectivity index (χ1v) is 8.46. The van der Waals surface area contributed by atoms with E-state index in [1.807, 2.05) is 58.6 Å². The van der Waals surface area contributed by atoms with E-state index < -0.39 is 12.3 Å². The van der Waals surface area contributed by atoms with Gasteiger partial charge in [-0.15, -0.1) is 0 Å². The number of hydrogen-bond donors (Lipinski definition) is 0. The van der Waals surface area contributed by atoms with E-state index in [4.69, 9.17) is 4.74 Å². The first-order chi connectivity index (χ1) is 12.1. The number of benzene rings is 1. The lowest BCUT2D eigenvalue weighted by atomic mass is 10.3. The minimum absolute atomic E-state index is 0.312. The van der Waals surface area contributed by atoms with Crippen molar-refractivity contribution < 1.29 is 9.13 Å². The lowest BCUT2D eigenvalue weighted by Gasteiger charge is -2.15. The number of alkyl halides is 1. The topological polar surface area (TPSA) is 48.1 Å². The van der Waals surface area contributed by atoms with Crippen LogP contribution >= 0.6 is 0 Å². The zero-order valence-electron chi connectivity index (χ0n) is 14.5. The normalized spacial score (nSPS) is 21.4. The van der Waals surface area contributed by atoms with Gasteiger partial charge in [-0.1, -0.05) is 12.1 Å². The van der Waals surface area contributed by atoms with Gasteiger partial charge in [-0.05, 0) is 12.1 Å². The van der Waals surface area contributed by atoms with Gasteiger partial charge in [-0.3, -0.25) is 4.90 Å². The molecule has 0 aliphatic carbocycles. The smallest absolute Gasteiger partial charge is 0.140 e. The van der Waals surface area contributed by atoms with Crippen molar-refractivity contribution in [3.05, 3.63) is 48.3 Å². The van der Waals surface area contributed by atoms with Crippen molar-refractivity contribution in [2.24, 2.45) is 14.1 Å². The molecule has 6 nitrogen and oxygen atoms in total. The predicted octanol–water partition coefficient (Wildman–Crippen LogP) is 2.05. The van der Waals surface area contributed by atoms with Crippen LogP contribution in [-0.4, -0.2) is 49.4 Å². The van der Waals surface area contributed by atoms with Crippen LogP contribution in [0.25, 0.3) is 11.0 Å². The van der Waals surface area contributed by atoms with E-state index in [9.17, 15) is 4.39 Å². The molecule has 0 bridgehead atoms. The first-order valence-electron chi connectivity index (χ1n) is 8.46. The van der Waals surface area contributed by atoms with Gasteiger partial charge in [0.05, 0.1) is 17.6 Å². The van der Waals surface area contributed by atoms with Gasteiger partial charge in [0, 0.05) is 39.6 Å². The van der Waals surface area contributed by atoms with Crippen molar-refractivity contribution in [1.82, 2.24) is 24.0 Å².